The quantitative estimate of drug-likeness (QED) is 0.142. The van der Waals surface area contributed by atoms with Crippen molar-refractivity contribution in [3.05, 3.63) is 242 Å². The van der Waals surface area contributed by atoms with Gasteiger partial charge in [-0.15, -0.1) is 0 Å². The van der Waals surface area contributed by atoms with E-state index in [1.54, 1.807) is 18.2 Å². The predicted octanol–water partition coefficient (Wildman–Crippen LogP) is 17.5. The van der Waals surface area contributed by atoms with Crippen LogP contribution in [0.2, 0.25) is 0 Å². The summed E-state index contributed by atoms with van der Waals surface area (Å²) in [5.41, 5.74) is 10.2. The first-order chi connectivity index (χ1) is 32.1. The average Bonchev–Trinajstić information content (AvgIpc) is 3.36. The molecule has 65 heavy (non-hydrogen) atoms. The number of hydrogen-bond donors (Lipinski definition) is 0. The largest absolute Gasteiger partial charge is 0.455 e. The minimum Gasteiger partial charge on any atom is -0.455 e. The number of nitrogens with zero attached hydrogens (tertiary/aromatic N) is 2. The van der Waals surface area contributed by atoms with Gasteiger partial charge in [0.1, 0.15) is 23.1 Å². The lowest BCUT2D eigenvalue weighted by Crippen LogP contribution is -2.12. The Morgan fingerprint density at radius 2 is 0.846 bits per heavy atom. The van der Waals surface area contributed by atoms with Crippen molar-refractivity contribution >= 4 is 66.4 Å². The number of para-hydroxylation sites is 4. The summed E-state index contributed by atoms with van der Waals surface area (Å²) >= 11 is 0. The highest BCUT2D eigenvalue weighted by Gasteiger charge is 2.29. The topological polar surface area (TPSA) is 15.7 Å². The Morgan fingerprint density at radius 1 is 0.308 bits per heavy atom. The smallest absolute Gasteiger partial charge is 0.147 e. The van der Waals surface area contributed by atoms with Crippen LogP contribution in [0, 0.1) is 11.6 Å². The van der Waals surface area contributed by atoms with Crippen molar-refractivity contribution in [1.29, 1.82) is 0 Å². The third-order valence-electron chi connectivity index (χ3n) is 12.5. The number of hydrogen-bond acceptors (Lipinski definition) is 3. The van der Waals surface area contributed by atoms with Crippen molar-refractivity contribution in [2.24, 2.45) is 0 Å². The summed E-state index contributed by atoms with van der Waals surface area (Å²) in [5, 5.41) is 6.06. The Balaban J connectivity index is 1.17. The molecule has 12 rings (SSSR count). The van der Waals surface area contributed by atoms with Crippen LogP contribution in [0.4, 0.5) is 42.9 Å². The van der Waals surface area contributed by atoms with Gasteiger partial charge in [0.15, 0.2) is 0 Å². The lowest BCUT2D eigenvalue weighted by Gasteiger charge is -2.30. The summed E-state index contributed by atoms with van der Waals surface area (Å²) in [7, 11) is 0. The normalized spacial score (nSPS) is 11.7. The Morgan fingerprint density at radius 3 is 1.51 bits per heavy atom. The molecule has 1 heterocycles. The van der Waals surface area contributed by atoms with Gasteiger partial charge in [-0.1, -0.05) is 140 Å². The van der Waals surface area contributed by atoms with Gasteiger partial charge in [0.2, 0.25) is 0 Å². The summed E-state index contributed by atoms with van der Waals surface area (Å²) in [6.07, 6.45) is 0. The number of halogens is 2. The van der Waals surface area contributed by atoms with Crippen molar-refractivity contribution in [2.75, 3.05) is 9.80 Å². The first-order valence-corrected chi connectivity index (χ1v) is 21.7. The zero-order valence-electron chi connectivity index (χ0n) is 35.0. The van der Waals surface area contributed by atoms with E-state index in [-0.39, 0.29) is 11.6 Å². The molecule has 1 aliphatic heterocycles. The molecule has 0 aromatic heterocycles. The summed E-state index contributed by atoms with van der Waals surface area (Å²) in [6.45, 7) is 0. The number of fused-ring (bicyclic) bond motifs is 6. The molecule has 0 saturated heterocycles. The van der Waals surface area contributed by atoms with Gasteiger partial charge in [-0.05, 0) is 129 Å². The molecule has 11 aromatic carbocycles. The van der Waals surface area contributed by atoms with Gasteiger partial charge in [-0.25, -0.2) is 8.78 Å². The number of rotatable bonds is 8. The highest BCUT2D eigenvalue weighted by Crippen LogP contribution is 2.55. The SMILES string of the molecule is Fc1ccccc1N(c1ccccc1)c1ccc2c(c1)Oc1c(-c3ccccc3)ccc3c1c-2cc1c2ccc(-c4ccccc4)cc2c(N(c2ccccc2)c2ccccc2F)cc31. The fourth-order valence-electron chi connectivity index (χ4n) is 9.58. The van der Waals surface area contributed by atoms with Crippen LogP contribution in [0.25, 0.3) is 65.7 Å². The van der Waals surface area contributed by atoms with E-state index in [1.807, 2.05) is 125 Å². The average molecular weight is 841 g/mol. The van der Waals surface area contributed by atoms with E-state index < -0.39 is 0 Å². The Labute approximate surface area is 375 Å². The van der Waals surface area contributed by atoms with Gasteiger partial charge in [-0.2, -0.15) is 0 Å². The van der Waals surface area contributed by atoms with Gasteiger partial charge < -0.3 is 14.5 Å². The molecule has 5 heteroatoms. The number of benzene rings is 11. The molecule has 0 aliphatic carbocycles. The van der Waals surface area contributed by atoms with Crippen molar-refractivity contribution < 1.29 is 13.5 Å². The van der Waals surface area contributed by atoms with Crippen LogP contribution >= 0.6 is 0 Å². The van der Waals surface area contributed by atoms with E-state index in [9.17, 15) is 0 Å². The van der Waals surface area contributed by atoms with Gasteiger partial charge in [-0.3, -0.25) is 0 Å². The third-order valence-corrected chi connectivity index (χ3v) is 12.5. The molecule has 0 radical (unpaired) electrons. The zero-order valence-corrected chi connectivity index (χ0v) is 35.0. The molecule has 0 saturated carbocycles. The van der Waals surface area contributed by atoms with Gasteiger partial charge in [0.25, 0.3) is 0 Å². The fourth-order valence-corrected chi connectivity index (χ4v) is 9.58. The Kier molecular flexibility index (Phi) is 9.20. The molecule has 1 aliphatic rings. The molecule has 0 unspecified atom stereocenters. The molecule has 0 fully saturated rings. The third kappa shape index (κ3) is 6.47. The molecule has 0 bridgehead atoms. The van der Waals surface area contributed by atoms with Crippen LogP contribution in [-0.4, -0.2) is 0 Å². The van der Waals surface area contributed by atoms with E-state index in [0.717, 1.165) is 94.2 Å². The Hall–Kier alpha value is -8.54. The molecule has 308 valence electrons. The van der Waals surface area contributed by atoms with E-state index in [1.165, 1.54) is 12.1 Å². The van der Waals surface area contributed by atoms with Crippen molar-refractivity contribution in [3.63, 3.8) is 0 Å². The minimum absolute atomic E-state index is 0.321. The molecule has 0 amide bonds. The molecule has 11 aromatic rings. The molecule has 0 N–H and O–H groups in total. The standard InChI is InChI=1S/C60H38F2N2O/c61-53-25-13-15-27-55(53)63(42-21-9-3-10-22-42)44-30-32-47-52-37-49-46-31-29-41(39-17-5-1-6-18-39)35-51(46)57(64(43-23-11-4-12-24-43)56-28-16-14-26-54(56)62)38-50(49)48-34-33-45(40-19-7-2-8-20-40)60(59(48)52)65-58(47)36-44/h1-38H. The van der Waals surface area contributed by atoms with Crippen LogP contribution < -0.4 is 14.5 Å². The van der Waals surface area contributed by atoms with Crippen LogP contribution in [0.5, 0.6) is 11.5 Å². The zero-order chi connectivity index (χ0) is 43.4. The second-order valence-corrected chi connectivity index (χ2v) is 16.3. The first-order valence-electron chi connectivity index (χ1n) is 21.7. The lowest BCUT2D eigenvalue weighted by molar-refractivity contribution is 0.489. The van der Waals surface area contributed by atoms with Gasteiger partial charge in [0, 0.05) is 45.0 Å². The van der Waals surface area contributed by atoms with Crippen LogP contribution in [-0.2, 0) is 0 Å². The maximum absolute atomic E-state index is 16.2. The summed E-state index contributed by atoms with van der Waals surface area (Å²) in [6, 6.07) is 76.0. The Bertz CT molecular complexity index is 3600. The van der Waals surface area contributed by atoms with Gasteiger partial charge >= 0.3 is 0 Å². The maximum atomic E-state index is 16.2. The molecule has 3 nitrogen and oxygen atoms in total. The molecular formula is C60H38F2N2O. The minimum atomic E-state index is -0.328. The maximum Gasteiger partial charge on any atom is 0.147 e. The van der Waals surface area contributed by atoms with Crippen LogP contribution in [0.1, 0.15) is 0 Å². The van der Waals surface area contributed by atoms with E-state index in [4.69, 9.17) is 4.74 Å². The van der Waals surface area contributed by atoms with Gasteiger partial charge in [0.05, 0.1) is 17.1 Å². The van der Waals surface area contributed by atoms with Crippen molar-refractivity contribution in [2.45, 2.75) is 0 Å². The van der Waals surface area contributed by atoms with Crippen molar-refractivity contribution in [3.8, 4) is 44.9 Å². The molecule has 0 spiro atoms. The summed E-state index contributed by atoms with van der Waals surface area (Å²) < 4.78 is 39.2. The van der Waals surface area contributed by atoms with Crippen molar-refractivity contribution in [1.82, 2.24) is 0 Å². The van der Waals surface area contributed by atoms with E-state index >= 15 is 8.78 Å². The van der Waals surface area contributed by atoms with E-state index in [2.05, 4.69) is 84.9 Å². The highest BCUT2D eigenvalue weighted by atomic mass is 19.1. The second-order valence-electron chi connectivity index (χ2n) is 16.3. The predicted molar refractivity (Wildman–Crippen MR) is 265 cm³/mol. The highest BCUT2D eigenvalue weighted by molar-refractivity contribution is 6.27. The second kappa shape index (κ2) is 15.7. The fraction of sp³-hybridized carbons (Fsp3) is 0. The summed E-state index contributed by atoms with van der Waals surface area (Å²) in [4.78, 5) is 3.97. The molecule has 0 atom stereocenters. The van der Waals surface area contributed by atoms with Crippen LogP contribution in [0.3, 0.4) is 0 Å². The monoisotopic (exact) mass is 840 g/mol. The van der Waals surface area contributed by atoms with Crippen LogP contribution in [0.15, 0.2) is 231 Å². The number of anilines is 6. The summed E-state index contributed by atoms with van der Waals surface area (Å²) in [5.74, 6) is 0.754. The lowest BCUT2D eigenvalue weighted by atomic mass is 9.86. The molecular weight excluding hydrogens is 803 g/mol. The first kappa shape index (κ1) is 38.2. The van der Waals surface area contributed by atoms with E-state index in [0.29, 0.717) is 17.1 Å². The number of ether oxygens (including phenoxy) is 1.